The van der Waals surface area contributed by atoms with Gasteiger partial charge in [0.25, 0.3) is 5.91 Å². The number of alkyl halides is 3. The number of halogens is 3. The van der Waals surface area contributed by atoms with Gasteiger partial charge in [-0.2, -0.15) is 13.2 Å². The number of benzene rings is 2. The first-order valence-corrected chi connectivity index (χ1v) is 12.3. The summed E-state index contributed by atoms with van der Waals surface area (Å²) in [6, 6.07) is 11.8. The molecule has 0 radical (unpaired) electrons. The van der Waals surface area contributed by atoms with Crippen molar-refractivity contribution in [2.45, 2.75) is 63.3 Å². The molecule has 2 aromatic rings. The van der Waals surface area contributed by atoms with Crippen LogP contribution in [-0.2, 0) is 15.8 Å². The Balaban J connectivity index is 1.35. The molecule has 0 bridgehead atoms. The summed E-state index contributed by atoms with van der Waals surface area (Å²) < 4.78 is 39.0. The summed E-state index contributed by atoms with van der Waals surface area (Å²) >= 11 is 0. The first-order chi connectivity index (χ1) is 17.1. The molecule has 0 N–H and O–H groups in total. The summed E-state index contributed by atoms with van der Waals surface area (Å²) in [4.78, 5) is 44.6. The van der Waals surface area contributed by atoms with Crippen molar-refractivity contribution in [2.75, 3.05) is 18.0 Å². The van der Waals surface area contributed by atoms with Crippen molar-refractivity contribution in [2.24, 2.45) is 0 Å². The highest BCUT2D eigenvalue weighted by Crippen LogP contribution is 2.44. The topological polar surface area (TPSA) is 60.9 Å². The molecule has 3 aliphatic heterocycles. The van der Waals surface area contributed by atoms with Gasteiger partial charge in [-0.3, -0.25) is 19.3 Å². The van der Waals surface area contributed by atoms with Gasteiger partial charge in [0, 0.05) is 25.9 Å². The fraction of sp³-hybridized carbons (Fsp3) is 0.444. The number of carbonyl (C=O) groups is 3. The van der Waals surface area contributed by atoms with Gasteiger partial charge in [-0.15, -0.1) is 0 Å². The van der Waals surface area contributed by atoms with Crippen LogP contribution in [-0.4, -0.2) is 46.3 Å². The minimum absolute atomic E-state index is 0.0489. The molecular weight excluding hydrogens is 471 g/mol. The van der Waals surface area contributed by atoms with Gasteiger partial charge in [0.1, 0.15) is 5.66 Å². The van der Waals surface area contributed by atoms with Crippen LogP contribution in [0.1, 0.15) is 73.0 Å². The van der Waals surface area contributed by atoms with E-state index in [1.165, 1.54) is 12.1 Å². The molecule has 0 spiro atoms. The van der Waals surface area contributed by atoms with Crippen LogP contribution in [0.5, 0.6) is 0 Å². The molecule has 190 valence electrons. The van der Waals surface area contributed by atoms with Crippen LogP contribution in [0.25, 0.3) is 0 Å². The van der Waals surface area contributed by atoms with Crippen LogP contribution in [0.2, 0.25) is 0 Å². The number of fused-ring (bicyclic) bond motifs is 3. The zero-order valence-corrected chi connectivity index (χ0v) is 20.1. The average molecular weight is 500 g/mol. The minimum atomic E-state index is -4.41. The first kappa shape index (κ1) is 24.3. The number of anilines is 1. The largest absolute Gasteiger partial charge is 0.416 e. The van der Waals surface area contributed by atoms with Gasteiger partial charge in [0.2, 0.25) is 11.8 Å². The molecule has 5 rings (SSSR count). The second-order valence-corrected chi connectivity index (χ2v) is 9.89. The monoisotopic (exact) mass is 499 g/mol. The molecule has 2 aromatic carbocycles. The summed E-state index contributed by atoms with van der Waals surface area (Å²) in [5.41, 5.74) is 0.176. The quantitative estimate of drug-likeness (QED) is 0.585. The van der Waals surface area contributed by atoms with E-state index in [2.05, 4.69) is 0 Å². The van der Waals surface area contributed by atoms with Crippen molar-refractivity contribution in [1.82, 2.24) is 9.80 Å². The standard InChI is InChI=1S/C27H28F3N3O3/c1-26-15-13-24(35)33(26)22-8-3-2-6-20(22)25(36)32(26)17-14-23(34)31-16-5-4-7-21(31)18-9-11-19(12-10-18)27(28,29)30/h2-3,6,8-12,21H,4-5,7,13-17H2,1H3/t21-,26+/m0/s1. The van der Waals surface area contributed by atoms with Gasteiger partial charge in [-0.05, 0) is 62.4 Å². The molecule has 0 aromatic heterocycles. The van der Waals surface area contributed by atoms with E-state index >= 15 is 0 Å². The summed E-state index contributed by atoms with van der Waals surface area (Å²) in [5, 5.41) is 0. The molecular formula is C27H28F3N3O3. The lowest BCUT2D eigenvalue weighted by atomic mass is 9.94. The van der Waals surface area contributed by atoms with Crippen molar-refractivity contribution in [1.29, 1.82) is 0 Å². The number of likely N-dealkylation sites (tertiary alicyclic amines) is 1. The van der Waals surface area contributed by atoms with Crippen molar-refractivity contribution in [3.05, 3.63) is 65.2 Å². The number of hydrogen-bond acceptors (Lipinski definition) is 3. The van der Waals surface area contributed by atoms with Gasteiger partial charge < -0.3 is 9.80 Å². The van der Waals surface area contributed by atoms with E-state index in [1.54, 1.807) is 39.0 Å². The Morgan fingerprint density at radius 1 is 1.06 bits per heavy atom. The van der Waals surface area contributed by atoms with Gasteiger partial charge in [-0.25, -0.2) is 0 Å². The molecule has 9 heteroatoms. The average Bonchev–Trinajstić information content (AvgIpc) is 3.18. The van der Waals surface area contributed by atoms with E-state index in [0.29, 0.717) is 42.6 Å². The smallest absolute Gasteiger partial charge is 0.336 e. The Hall–Kier alpha value is -3.36. The zero-order valence-electron chi connectivity index (χ0n) is 20.1. The highest BCUT2D eigenvalue weighted by molar-refractivity contribution is 6.10. The number of piperidine rings is 1. The molecule has 3 aliphatic rings. The predicted molar refractivity (Wildman–Crippen MR) is 127 cm³/mol. The molecule has 0 saturated carbocycles. The molecule has 2 saturated heterocycles. The van der Waals surface area contributed by atoms with Crippen LogP contribution in [0.4, 0.5) is 18.9 Å². The third-order valence-electron chi connectivity index (χ3n) is 7.74. The molecule has 3 heterocycles. The number of nitrogens with zero attached hydrogens (tertiary/aromatic N) is 3. The lowest BCUT2D eigenvalue weighted by Gasteiger charge is -2.49. The van der Waals surface area contributed by atoms with E-state index in [-0.39, 0.29) is 36.7 Å². The van der Waals surface area contributed by atoms with Crippen LogP contribution in [0, 0.1) is 0 Å². The molecule has 36 heavy (non-hydrogen) atoms. The maximum absolute atomic E-state index is 13.4. The number of carbonyl (C=O) groups excluding carboxylic acids is 3. The number of amides is 3. The predicted octanol–water partition coefficient (Wildman–Crippen LogP) is 5.15. The van der Waals surface area contributed by atoms with Crippen LogP contribution in [0.15, 0.2) is 48.5 Å². The Morgan fingerprint density at radius 3 is 2.50 bits per heavy atom. The van der Waals surface area contributed by atoms with Crippen molar-refractivity contribution < 1.29 is 27.6 Å². The van der Waals surface area contributed by atoms with Crippen LogP contribution >= 0.6 is 0 Å². The number of rotatable bonds is 4. The third-order valence-corrected chi connectivity index (χ3v) is 7.74. The Labute approximate surface area is 207 Å². The Kier molecular flexibility index (Phi) is 6.04. The highest BCUT2D eigenvalue weighted by atomic mass is 19.4. The van der Waals surface area contributed by atoms with Crippen LogP contribution in [0.3, 0.4) is 0 Å². The normalized spacial score (nSPS) is 24.1. The lowest BCUT2D eigenvalue weighted by Crippen LogP contribution is -2.62. The van der Waals surface area contributed by atoms with E-state index in [9.17, 15) is 27.6 Å². The first-order valence-electron chi connectivity index (χ1n) is 12.3. The van der Waals surface area contributed by atoms with Gasteiger partial charge >= 0.3 is 6.18 Å². The third kappa shape index (κ3) is 4.04. The van der Waals surface area contributed by atoms with Crippen LogP contribution < -0.4 is 4.90 Å². The van der Waals surface area contributed by atoms with Crippen molar-refractivity contribution in [3.63, 3.8) is 0 Å². The van der Waals surface area contributed by atoms with E-state index < -0.39 is 17.4 Å². The van der Waals surface area contributed by atoms with Crippen molar-refractivity contribution >= 4 is 23.4 Å². The molecule has 2 atom stereocenters. The summed E-state index contributed by atoms with van der Waals surface area (Å²) in [6.07, 6.45) is -1.16. The number of hydrogen-bond donors (Lipinski definition) is 0. The maximum atomic E-state index is 13.4. The summed E-state index contributed by atoms with van der Waals surface area (Å²) in [6.45, 7) is 2.54. The van der Waals surface area contributed by atoms with E-state index in [0.717, 1.165) is 25.0 Å². The van der Waals surface area contributed by atoms with Gasteiger partial charge in [0.15, 0.2) is 0 Å². The van der Waals surface area contributed by atoms with Gasteiger partial charge in [-0.1, -0.05) is 24.3 Å². The highest BCUT2D eigenvalue weighted by Gasteiger charge is 2.53. The Bertz CT molecular complexity index is 1200. The van der Waals surface area contributed by atoms with E-state index in [1.807, 2.05) is 6.92 Å². The molecule has 0 unspecified atom stereocenters. The molecule has 2 fully saturated rings. The SMILES string of the molecule is C[C@]12CCC(=O)N1c1ccccc1C(=O)N2CCC(=O)N1CCCC[C@H]1c1ccc(C(F)(F)F)cc1. The number of para-hydroxylation sites is 1. The minimum Gasteiger partial charge on any atom is -0.336 e. The van der Waals surface area contributed by atoms with Crippen molar-refractivity contribution in [3.8, 4) is 0 Å². The summed E-state index contributed by atoms with van der Waals surface area (Å²) in [5.74, 6) is -0.400. The maximum Gasteiger partial charge on any atom is 0.416 e. The second kappa shape index (κ2) is 8.94. The molecule has 6 nitrogen and oxygen atoms in total. The molecule has 0 aliphatic carbocycles. The lowest BCUT2D eigenvalue weighted by molar-refractivity contribution is -0.138. The zero-order chi connectivity index (χ0) is 25.7. The van der Waals surface area contributed by atoms with E-state index in [4.69, 9.17) is 0 Å². The molecule has 3 amide bonds. The second-order valence-electron chi connectivity index (χ2n) is 9.89. The fourth-order valence-corrected chi connectivity index (χ4v) is 5.86. The van der Waals surface area contributed by atoms with Gasteiger partial charge in [0.05, 0.1) is 22.9 Å². The Morgan fingerprint density at radius 2 is 1.78 bits per heavy atom. The fourth-order valence-electron chi connectivity index (χ4n) is 5.86. The summed E-state index contributed by atoms with van der Waals surface area (Å²) in [7, 11) is 0.